The molecule has 0 saturated carbocycles. The molecule has 0 radical (unpaired) electrons. The highest BCUT2D eigenvalue weighted by Crippen LogP contribution is 2.20. The summed E-state index contributed by atoms with van der Waals surface area (Å²) in [6.07, 6.45) is 1.58. The van der Waals surface area contributed by atoms with Crippen LogP contribution in [0, 0.1) is 0 Å². The topological polar surface area (TPSA) is 55.1 Å². The van der Waals surface area contributed by atoms with Crippen molar-refractivity contribution in [1.82, 2.24) is 9.78 Å². The molecule has 1 aromatic carbocycles. The number of hydrogen-bond acceptors (Lipinski definition) is 2. The number of aromatic nitrogens is 2. The zero-order chi connectivity index (χ0) is 11.5. The third-order valence-corrected chi connectivity index (χ3v) is 2.39. The second-order valence-corrected chi connectivity index (χ2v) is 3.71. The number of carbonyl (C=O) groups is 1. The fourth-order valence-electron chi connectivity index (χ4n) is 1.45. The Labute approximate surface area is 97.1 Å². The van der Waals surface area contributed by atoms with Gasteiger partial charge in [-0.3, -0.25) is 9.48 Å². The number of aliphatic carboxylic acids is 1. The minimum atomic E-state index is -0.918. The van der Waals surface area contributed by atoms with E-state index in [1.54, 1.807) is 24.4 Å². The molecular formula is C11H9ClN2O2. The molecular weight excluding hydrogens is 228 g/mol. The largest absolute Gasteiger partial charge is 0.480 e. The number of rotatable bonds is 3. The summed E-state index contributed by atoms with van der Waals surface area (Å²) in [6.45, 7) is -0.148. The molecule has 0 saturated heterocycles. The van der Waals surface area contributed by atoms with Crippen molar-refractivity contribution in [3.63, 3.8) is 0 Å². The summed E-state index contributed by atoms with van der Waals surface area (Å²) >= 11 is 5.78. The third kappa shape index (κ3) is 2.23. The maximum absolute atomic E-state index is 10.6. The Morgan fingerprint density at radius 1 is 1.31 bits per heavy atom. The van der Waals surface area contributed by atoms with Crippen molar-refractivity contribution in [1.29, 1.82) is 0 Å². The van der Waals surface area contributed by atoms with Crippen LogP contribution in [-0.4, -0.2) is 20.9 Å². The first-order chi connectivity index (χ1) is 7.66. The summed E-state index contributed by atoms with van der Waals surface area (Å²) in [5.74, 6) is -0.918. The molecule has 1 heterocycles. The Morgan fingerprint density at radius 3 is 2.62 bits per heavy atom. The van der Waals surface area contributed by atoms with E-state index in [4.69, 9.17) is 16.7 Å². The van der Waals surface area contributed by atoms with E-state index >= 15 is 0 Å². The van der Waals surface area contributed by atoms with E-state index in [2.05, 4.69) is 5.10 Å². The molecule has 5 heteroatoms. The van der Waals surface area contributed by atoms with Crippen LogP contribution in [0.15, 0.2) is 36.5 Å². The van der Waals surface area contributed by atoms with Crippen molar-refractivity contribution in [2.45, 2.75) is 6.54 Å². The first-order valence-corrected chi connectivity index (χ1v) is 5.04. The molecule has 4 nitrogen and oxygen atoms in total. The summed E-state index contributed by atoms with van der Waals surface area (Å²) in [6, 6.07) is 8.95. The summed E-state index contributed by atoms with van der Waals surface area (Å²) < 4.78 is 1.44. The lowest BCUT2D eigenvalue weighted by Crippen LogP contribution is -2.11. The van der Waals surface area contributed by atoms with Gasteiger partial charge in [0.2, 0.25) is 0 Å². The fraction of sp³-hybridized carbons (Fsp3) is 0.0909. The molecule has 82 valence electrons. The Bertz CT molecular complexity index is 505. The predicted octanol–water partition coefficient (Wildman–Crippen LogP) is 2.29. The molecule has 2 aromatic rings. The van der Waals surface area contributed by atoms with Crippen LogP contribution in [0.3, 0.4) is 0 Å². The average molecular weight is 237 g/mol. The zero-order valence-electron chi connectivity index (χ0n) is 8.30. The van der Waals surface area contributed by atoms with E-state index in [-0.39, 0.29) is 6.54 Å². The van der Waals surface area contributed by atoms with Gasteiger partial charge < -0.3 is 5.11 Å². The molecule has 0 fully saturated rings. The lowest BCUT2D eigenvalue weighted by Gasteiger charge is -2.04. The first kappa shape index (κ1) is 10.7. The minimum absolute atomic E-state index is 0.148. The standard InChI is InChI=1S/C11H9ClN2O2/c12-9-3-1-8(2-4-9)10-5-6-13-14(10)7-11(15)16/h1-6H,7H2,(H,15,16). The average Bonchev–Trinajstić information content (AvgIpc) is 2.66. The van der Waals surface area contributed by atoms with Gasteiger partial charge in [0, 0.05) is 11.2 Å². The predicted molar refractivity (Wildman–Crippen MR) is 60.3 cm³/mol. The van der Waals surface area contributed by atoms with E-state index in [9.17, 15) is 4.79 Å². The van der Waals surface area contributed by atoms with Crippen LogP contribution in [0.1, 0.15) is 0 Å². The smallest absolute Gasteiger partial charge is 0.325 e. The molecule has 0 bridgehead atoms. The second kappa shape index (κ2) is 4.37. The van der Waals surface area contributed by atoms with Crippen molar-refractivity contribution < 1.29 is 9.90 Å². The number of hydrogen-bond donors (Lipinski definition) is 1. The van der Waals surface area contributed by atoms with Crippen molar-refractivity contribution in [3.8, 4) is 11.3 Å². The number of benzene rings is 1. The Morgan fingerprint density at radius 2 is 2.00 bits per heavy atom. The summed E-state index contributed by atoms with van der Waals surface area (Å²) in [7, 11) is 0. The Kier molecular flexibility index (Phi) is 2.92. The van der Waals surface area contributed by atoms with Crippen molar-refractivity contribution in [2.75, 3.05) is 0 Å². The van der Waals surface area contributed by atoms with E-state index in [0.29, 0.717) is 5.02 Å². The molecule has 0 amide bonds. The van der Waals surface area contributed by atoms with Gasteiger partial charge in [0.15, 0.2) is 0 Å². The van der Waals surface area contributed by atoms with Gasteiger partial charge in [0.1, 0.15) is 6.54 Å². The SMILES string of the molecule is O=C(O)Cn1nccc1-c1ccc(Cl)cc1. The van der Waals surface area contributed by atoms with Crippen LogP contribution < -0.4 is 0 Å². The lowest BCUT2D eigenvalue weighted by molar-refractivity contribution is -0.137. The van der Waals surface area contributed by atoms with Crippen LogP contribution in [0.5, 0.6) is 0 Å². The van der Waals surface area contributed by atoms with E-state index < -0.39 is 5.97 Å². The highest BCUT2D eigenvalue weighted by molar-refractivity contribution is 6.30. The number of carboxylic acid groups (broad SMARTS) is 1. The number of nitrogens with zero attached hydrogens (tertiary/aromatic N) is 2. The van der Waals surface area contributed by atoms with Crippen LogP contribution in [0.4, 0.5) is 0 Å². The van der Waals surface area contributed by atoms with E-state index in [1.165, 1.54) is 4.68 Å². The van der Waals surface area contributed by atoms with Crippen molar-refractivity contribution in [3.05, 3.63) is 41.6 Å². The molecule has 0 aliphatic heterocycles. The highest BCUT2D eigenvalue weighted by Gasteiger charge is 2.07. The molecule has 0 spiro atoms. The normalized spacial score (nSPS) is 10.3. The first-order valence-electron chi connectivity index (χ1n) is 4.66. The lowest BCUT2D eigenvalue weighted by atomic mass is 10.1. The van der Waals surface area contributed by atoms with Gasteiger partial charge in [-0.15, -0.1) is 0 Å². The summed E-state index contributed by atoms with van der Waals surface area (Å²) in [5.41, 5.74) is 1.65. The molecule has 1 N–H and O–H groups in total. The van der Waals surface area contributed by atoms with Gasteiger partial charge in [-0.1, -0.05) is 23.7 Å². The van der Waals surface area contributed by atoms with Gasteiger partial charge >= 0.3 is 5.97 Å². The van der Waals surface area contributed by atoms with E-state index in [0.717, 1.165) is 11.3 Å². The van der Waals surface area contributed by atoms with Crippen LogP contribution in [0.2, 0.25) is 5.02 Å². The van der Waals surface area contributed by atoms with Crippen LogP contribution >= 0.6 is 11.6 Å². The molecule has 1 aromatic heterocycles. The third-order valence-electron chi connectivity index (χ3n) is 2.14. The molecule has 0 atom stereocenters. The minimum Gasteiger partial charge on any atom is -0.480 e. The maximum atomic E-state index is 10.6. The zero-order valence-corrected chi connectivity index (χ0v) is 9.05. The van der Waals surface area contributed by atoms with Gasteiger partial charge in [-0.05, 0) is 23.8 Å². The summed E-state index contributed by atoms with van der Waals surface area (Å²) in [5, 5.41) is 13.3. The molecule has 0 unspecified atom stereocenters. The van der Waals surface area contributed by atoms with Crippen molar-refractivity contribution >= 4 is 17.6 Å². The maximum Gasteiger partial charge on any atom is 0.325 e. The second-order valence-electron chi connectivity index (χ2n) is 3.27. The number of carboxylic acids is 1. The van der Waals surface area contributed by atoms with Crippen LogP contribution in [-0.2, 0) is 11.3 Å². The van der Waals surface area contributed by atoms with Gasteiger partial charge in [-0.25, -0.2) is 0 Å². The van der Waals surface area contributed by atoms with Crippen molar-refractivity contribution in [2.24, 2.45) is 0 Å². The van der Waals surface area contributed by atoms with Crippen LogP contribution in [0.25, 0.3) is 11.3 Å². The molecule has 0 aliphatic rings. The molecule has 2 rings (SSSR count). The molecule has 0 aliphatic carbocycles. The summed E-state index contributed by atoms with van der Waals surface area (Å²) in [4.78, 5) is 10.6. The number of halogens is 1. The Hall–Kier alpha value is -1.81. The monoisotopic (exact) mass is 236 g/mol. The quantitative estimate of drug-likeness (QED) is 0.890. The Balaban J connectivity index is 2.36. The highest BCUT2D eigenvalue weighted by atomic mass is 35.5. The fourth-order valence-corrected chi connectivity index (χ4v) is 1.58. The van der Waals surface area contributed by atoms with E-state index in [1.807, 2.05) is 12.1 Å². The van der Waals surface area contributed by atoms with Gasteiger partial charge in [-0.2, -0.15) is 5.10 Å². The van der Waals surface area contributed by atoms with Gasteiger partial charge in [0.25, 0.3) is 0 Å². The molecule has 16 heavy (non-hydrogen) atoms. The van der Waals surface area contributed by atoms with Gasteiger partial charge in [0.05, 0.1) is 5.69 Å².